The van der Waals surface area contributed by atoms with Crippen LogP contribution in [0.25, 0.3) is 0 Å². The Labute approximate surface area is 127 Å². The van der Waals surface area contributed by atoms with Crippen molar-refractivity contribution in [3.05, 3.63) is 69.7 Å². The van der Waals surface area contributed by atoms with Crippen molar-refractivity contribution in [2.75, 3.05) is 0 Å². The van der Waals surface area contributed by atoms with Gasteiger partial charge in [0.05, 0.1) is 5.92 Å². The van der Waals surface area contributed by atoms with Gasteiger partial charge in [-0.1, -0.05) is 59.3 Å². The molecular weight excluding hydrogens is 316 g/mol. The van der Waals surface area contributed by atoms with Crippen LogP contribution in [-0.4, -0.2) is 11.1 Å². The number of benzene rings is 2. The fourth-order valence-electron chi connectivity index (χ4n) is 2.23. The van der Waals surface area contributed by atoms with E-state index in [2.05, 4.69) is 22.9 Å². The van der Waals surface area contributed by atoms with E-state index in [-0.39, 0.29) is 0 Å². The molecule has 0 saturated heterocycles. The number of rotatable bonds is 5. The maximum atomic E-state index is 11.5. The second-order valence-electron chi connectivity index (χ2n) is 4.82. The van der Waals surface area contributed by atoms with Crippen LogP contribution in [0.3, 0.4) is 0 Å². The molecule has 3 heteroatoms. The molecule has 0 amide bonds. The normalized spacial score (nSPS) is 12.1. The summed E-state index contributed by atoms with van der Waals surface area (Å²) in [5, 5.41) is 9.47. The van der Waals surface area contributed by atoms with Gasteiger partial charge in [-0.25, -0.2) is 0 Å². The number of halogens is 1. The molecule has 0 saturated carbocycles. The van der Waals surface area contributed by atoms with Crippen molar-refractivity contribution in [2.24, 2.45) is 0 Å². The van der Waals surface area contributed by atoms with Crippen LogP contribution in [0.2, 0.25) is 0 Å². The summed E-state index contributed by atoms with van der Waals surface area (Å²) in [4.78, 5) is 11.5. The largest absolute Gasteiger partial charge is 0.481 e. The van der Waals surface area contributed by atoms with Crippen molar-refractivity contribution in [1.82, 2.24) is 0 Å². The molecule has 2 aromatic rings. The Hall–Kier alpha value is -1.61. The molecule has 0 spiro atoms. The van der Waals surface area contributed by atoms with Gasteiger partial charge in [0.25, 0.3) is 0 Å². The summed E-state index contributed by atoms with van der Waals surface area (Å²) in [6.07, 6.45) is 1.46. The molecule has 1 N–H and O–H groups in total. The highest BCUT2D eigenvalue weighted by Crippen LogP contribution is 2.23. The van der Waals surface area contributed by atoms with E-state index in [0.717, 1.165) is 22.0 Å². The summed E-state index contributed by atoms with van der Waals surface area (Å²) in [7, 11) is 0. The Morgan fingerprint density at radius 1 is 1.15 bits per heavy atom. The first-order valence-electron chi connectivity index (χ1n) is 6.66. The first-order chi connectivity index (χ1) is 9.60. The van der Waals surface area contributed by atoms with E-state index in [9.17, 15) is 9.90 Å². The van der Waals surface area contributed by atoms with Crippen LogP contribution in [0.1, 0.15) is 29.5 Å². The van der Waals surface area contributed by atoms with Gasteiger partial charge in [-0.05, 0) is 41.7 Å². The summed E-state index contributed by atoms with van der Waals surface area (Å²) in [6, 6.07) is 15.7. The zero-order chi connectivity index (χ0) is 14.5. The summed E-state index contributed by atoms with van der Waals surface area (Å²) >= 11 is 3.42. The number of carboxylic acids is 1. The van der Waals surface area contributed by atoms with Gasteiger partial charge in [0.15, 0.2) is 0 Å². The smallest absolute Gasteiger partial charge is 0.311 e. The monoisotopic (exact) mass is 332 g/mol. The minimum Gasteiger partial charge on any atom is -0.481 e. The van der Waals surface area contributed by atoms with Gasteiger partial charge in [-0.3, -0.25) is 4.79 Å². The zero-order valence-corrected chi connectivity index (χ0v) is 12.9. The summed E-state index contributed by atoms with van der Waals surface area (Å²) in [5.74, 6) is -1.29. The molecule has 0 heterocycles. The quantitative estimate of drug-likeness (QED) is 0.879. The Morgan fingerprint density at radius 3 is 2.40 bits per heavy atom. The third-order valence-electron chi connectivity index (χ3n) is 3.42. The van der Waals surface area contributed by atoms with Crippen LogP contribution in [0.5, 0.6) is 0 Å². The summed E-state index contributed by atoms with van der Waals surface area (Å²) in [6.45, 7) is 2.09. The highest BCUT2D eigenvalue weighted by Gasteiger charge is 2.20. The Balaban J connectivity index is 2.24. The summed E-state index contributed by atoms with van der Waals surface area (Å²) in [5.41, 5.74) is 3.10. The van der Waals surface area contributed by atoms with Crippen molar-refractivity contribution in [1.29, 1.82) is 0 Å². The predicted molar refractivity (Wildman–Crippen MR) is 84.0 cm³/mol. The molecule has 0 aliphatic carbocycles. The molecule has 20 heavy (non-hydrogen) atoms. The van der Waals surface area contributed by atoms with Crippen molar-refractivity contribution < 1.29 is 9.90 Å². The molecule has 1 atom stereocenters. The van der Waals surface area contributed by atoms with Gasteiger partial charge >= 0.3 is 5.97 Å². The fourth-order valence-corrected chi connectivity index (χ4v) is 2.68. The molecule has 0 bridgehead atoms. The van der Waals surface area contributed by atoms with Crippen LogP contribution in [0, 0.1) is 0 Å². The lowest BCUT2D eigenvalue weighted by atomic mass is 9.91. The number of hydrogen-bond acceptors (Lipinski definition) is 1. The SMILES string of the molecule is CCc1ccc(C(Cc2cccc(Br)c2)C(=O)O)cc1. The summed E-state index contributed by atoms with van der Waals surface area (Å²) < 4.78 is 0.973. The van der Waals surface area contributed by atoms with E-state index in [0.29, 0.717) is 6.42 Å². The highest BCUT2D eigenvalue weighted by atomic mass is 79.9. The number of aryl methyl sites for hydroxylation is 1. The van der Waals surface area contributed by atoms with Crippen molar-refractivity contribution in [3.8, 4) is 0 Å². The van der Waals surface area contributed by atoms with Crippen LogP contribution >= 0.6 is 15.9 Å². The van der Waals surface area contributed by atoms with Crippen LogP contribution in [-0.2, 0) is 17.6 Å². The van der Waals surface area contributed by atoms with E-state index < -0.39 is 11.9 Å². The lowest BCUT2D eigenvalue weighted by Gasteiger charge is -2.13. The van der Waals surface area contributed by atoms with Crippen molar-refractivity contribution in [3.63, 3.8) is 0 Å². The van der Waals surface area contributed by atoms with Gasteiger partial charge in [0.1, 0.15) is 0 Å². The Kier molecular flexibility index (Phi) is 4.96. The van der Waals surface area contributed by atoms with E-state index in [1.807, 2.05) is 48.5 Å². The first-order valence-corrected chi connectivity index (χ1v) is 7.45. The van der Waals surface area contributed by atoms with Crippen LogP contribution in [0.15, 0.2) is 53.0 Å². The number of hydrogen-bond donors (Lipinski definition) is 1. The number of carbonyl (C=O) groups is 1. The fraction of sp³-hybridized carbons (Fsp3) is 0.235. The van der Waals surface area contributed by atoms with E-state index in [1.165, 1.54) is 5.56 Å². The van der Waals surface area contributed by atoms with Crippen molar-refractivity contribution >= 4 is 21.9 Å². The first kappa shape index (κ1) is 14.8. The third-order valence-corrected chi connectivity index (χ3v) is 3.91. The average molecular weight is 333 g/mol. The van der Waals surface area contributed by atoms with Gasteiger partial charge in [0, 0.05) is 4.47 Å². The molecule has 104 valence electrons. The van der Waals surface area contributed by atoms with Crippen molar-refractivity contribution in [2.45, 2.75) is 25.7 Å². The maximum absolute atomic E-state index is 11.5. The molecule has 0 aromatic heterocycles. The molecule has 1 unspecified atom stereocenters. The molecule has 2 aromatic carbocycles. The second kappa shape index (κ2) is 6.71. The molecule has 0 aliphatic rings. The van der Waals surface area contributed by atoms with Crippen LogP contribution < -0.4 is 0 Å². The van der Waals surface area contributed by atoms with E-state index in [4.69, 9.17) is 0 Å². The number of aliphatic carboxylic acids is 1. The average Bonchev–Trinajstić information content (AvgIpc) is 2.45. The Morgan fingerprint density at radius 2 is 1.85 bits per heavy atom. The van der Waals surface area contributed by atoms with E-state index in [1.54, 1.807) is 0 Å². The zero-order valence-electron chi connectivity index (χ0n) is 11.3. The highest BCUT2D eigenvalue weighted by molar-refractivity contribution is 9.10. The lowest BCUT2D eigenvalue weighted by Crippen LogP contribution is -2.14. The lowest BCUT2D eigenvalue weighted by molar-refractivity contribution is -0.138. The molecule has 2 nitrogen and oxygen atoms in total. The molecule has 0 fully saturated rings. The predicted octanol–water partition coefficient (Wildman–Crippen LogP) is 4.42. The minimum atomic E-state index is -0.783. The molecule has 2 rings (SSSR count). The topological polar surface area (TPSA) is 37.3 Å². The van der Waals surface area contributed by atoms with E-state index >= 15 is 0 Å². The minimum absolute atomic E-state index is 0.500. The molecule has 0 radical (unpaired) electrons. The van der Waals surface area contributed by atoms with Crippen LogP contribution in [0.4, 0.5) is 0 Å². The third kappa shape index (κ3) is 3.70. The maximum Gasteiger partial charge on any atom is 0.311 e. The van der Waals surface area contributed by atoms with Gasteiger partial charge < -0.3 is 5.11 Å². The van der Waals surface area contributed by atoms with Gasteiger partial charge in [0.2, 0.25) is 0 Å². The number of carboxylic acid groups (broad SMARTS) is 1. The molecular formula is C17H17BrO2. The standard InChI is InChI=1S/C17H17BrO2/c1-2-12-6-8-14(9-7-12)16(17(19)20)11-13-4-3-5-15(18)10-13/h3-10,16H,2,11H2,1H3,(H,19,20). The Bertz CT molecular complexity index is 590. The van der Waals surface area contributed by atoms with Gasteiger partial charge in [-0.2, -0.15) is 0 Å². The second-order valence-corrected chi connectivity index (χ2v) is 5.74. The molecule has 0 aliphatic heterocycles. The van der Waals surface area contributed by atoms with Gasteiger partial charge in [-0.15, -0.1) is 0 Å².